The van der Waals surface area contributed by atoms with Gasteiger partial charge in [-0.1, -0.05) is 0 Å². The van der Waals surface area contributed by atoms with Gasteiger partial charge in [0, 0.05) is 28.7 Å². The van der Waals surface area contributed by atoms with E-state index in [1.807, 2.05) is 0 Å². The zero-order valence-electron chi connectivity index (χ0n) is 22.9. The van der Waals surface area contributed by atoms with Crippen LogP contribution in [-0.4, -0.2) is 54.4 Å². The quantitative estimate of drug-likeness (QED) is 0.221. The first-order chi connectivity index (χ1) is 19.4. The van der Waals surface area contributed by atoms with E-state index in [4.69, 9.17) is 37.9 Å². The van der Waals surface area contributed by atoms with Crippen LogP contribution in [0, 0.1) is 0 Å². The molecule has 0 spiro atoms. The van der Waals surface area contributed by atoms with Crippen LogP contribution in [0.4, 0.5) is 0 Å². The molecule has 0 saturated heterocycles. The van der Waals surface area contributed by atoms with Crippen molar-refractivity contribution in [1.29, 1.82) is 0 Å². The molecule has 208 valence electrons. The van der Waals surface area contributed by atoms with Gasteiger partial charge in [-0.05, 0) is 36.4 Å². The second-order valence-corrected chi connectivity index (χ2v) is 8.90. The zero-order chi connectivity index (χ0) is 28.6. The number of ketones is 1. The smallest absolute Gasteiger partial charge is 0.312 e. The summed E-state index contributed by atoms with van der Waals surface area (Å²) in [5.41, 5.74) is 2.10. The monoisotopic (exact) mass is 548 g/mol. The predicted octanol–water partition coefficient (Wildman–Crippen LogP) is 4.80. The number of hydrogen-bond acceptors (Lipinski definition) is 10. The maximum Gasteiger partial charge on any atom is 0.312 e. The lowest BCUT2D eigenvalue weighted by Crippen LogP contribution is -2.22. The van der Waals surface area contributed by atoms with Crippen LogP contribution in [-0.2, 0) is 4.79 Å². The Morgan fingerprint density at radius 3 is 2.05 bits per heavy atom. The minimum absolute atomic E-state index is 0.00457. The van der Waals surface area contributed by atoms with Gasteiger partial charge in [0.2, 0.25) is 11.5 Å². The summed E-state index contributed by atoms with van der Waals surface area (Å²) in [6.45, 7) is 0. The Bertz CT molecular complexity index is 1540. The van der Waals surface area contributed by atoms with Crippen molar-refractivity contribution in [2.24, 2.45) is 0 Å². The van der Waals surface area contributed by atoms with Crippen molar-refractivity contribution in [1.82, 2.24) is 0 Å². The maximum absolute atomic E-state index is 13.5. The SMILES string of the molecule is COc1cc(OC)c([C@H]2CC(=O)Oc3ccc4c(c32)O/C(=C\c2ccc(OC)c(OC)c2OC)C4=O)cc1OC. The van der Waals surface area contributed by atoms with Gasteiger partial charge in [0.25, 0.3) is 0 Å². The summed E-state index contributed by atoms with van der Waals surface area (Å²) in [6.07, 6.45) is 1.58. The number of Topliss-reactive ketones (excluding diaryl/α,β-unsaturated/α-hetero) is 1. The highest BCUT2D eigenvalue weighted by molar-refractivity contribution is 6.15. The highest BCUT2D eigenvalue weighted by Gasteiger charge is 2.40. The molecule has 0 aromatic heterocycles. The number of hydrogen-bond donors (Lipinski definition) is 0. The fraction of sp³-hybridized carbons (Fsp3) is 0.267. The fourth-order valence-corrected chi connectivity index (χ4v) is 5.08. The molecule has 0 saturated carbocycles. The van der Waals surface area contributed by atoms with Crippen LogP contribution in [0.15, 0.2) is 42.2 Å². The lowest BCUT2D eigenvalue weighted by molar-refractivity contribution is -0.135. The van der Waals surface area contributed by atoms with Crippen molar-refractivity contribution >= 4 is 17.8 Å². The van der Waals surface area contributed by atoms with Crippen molar-refractivity contribution in [2.75, 3.05) is 42.7 Å². The molecule has 0 radical (unpaired) electrons. The molecule has 3 aromatic rings. The van der Waals surface area contributed by atoms with Crippen LogP contribution in [0.3, 0.4) is 0 Å². The Hall–Kier alpha value is -4.86. The van der Waals surface area contributed by atoms with E-state index in [0.29, 0.717) is 68.2 Å². The van der Waals surface area contributed by atoms with Crippen molar-refractivity contribution in [3.05, 3.63) is 64.4 Å². The number of esters is 1. The predicted molar refractivity (Wildman–Crippen MR) is 144 cm³/mol. The number of carbonyl (C=O) groups is 2. The van der Waals surface area contributed by atoms with E-state index >= 15 is 0 Å². The van der Waals surface area contributed by atoms with E-state index < -0.39 is 11.9 Å². The third-order valence-electron chi connectivity index (χ3n) is 6.91. The van der Waals surface area contributed by atoms with Crippen molar-refractivity contribution in [3.8, 4) is 46.0 Å². The first-order valence-electron chi connectivity index (χ1n) is 12.3. The van der Waals surface area contributed by atoms with Gasteiger partial charge >= 0.3 is 5.97 Å². The first kappa shape index (κ1) is 26.7. The minimum Gasteiger partial charge on any atom is -0.496 e. The van der Waals surface area contributed by atoms with Crippen molar-refractivity contribution in [3.63, 3.8) is 0 Å². The van der Waals surface area contributed by atoms with E-state index in [0.717, 1.165) is 0 Å². The summed E-state index contributed by atoms with van der Waals surface area (Å²) in [5, 5.41) is 0. The Kier molecular flexibility index (Phi) is 7.17. The van der Waals surface area contributed by atoms with Crippen molar-refractivity contribution < 1.29 is 47.5 Å². The second-order valence-electron chi connectivity index (χ2n) is 8.90. The summed E-state index contributed by atoms with van der Waals surface area (Å²) < 4.78 is 44.8. The lowest BCUT2D eigenvalue weighted by atomic mass is 9.84. The van der Waals surface area contributed by atoms with Gasteiger partial charge in [-0.25, -0.2) is 0 Å². The Balaban J connectivity index is 1.64. The molecule has 0 amide bonds. The number of ether oxygens (including phenoxy) is 8. The molecule has 0 bridgehead atoms. The van der Waals surface area contributed by atoms with Crippen LogP contribution in [0.5, 0.6) is 46.0 Å². The summed E-state index contributed by atoms with van der Waals surface area (Å²) in [4.78, 5) is 26.2. The summed E-state index contributed by atoms with van der Waals surface area (Å²) in [7, 11) is 9.10. The van der Waals surface area contributed by atoms with Gasteiger partial charge in [-0.15, -0.1) is 0 Å². The lowest BCUT2D eigenvalue weighted by Gasteiger charge is -2.28. The zero-order valence-corrected chi connectivity index (χ0v) is 22.9. The van der Waals surface area contributed by atoms with Gasteiger partial charge in [0.05, 0.1) is 54.6 Å². The molecule has 3 aromatic carbocycles. The molecular formula is C30H28O10. The van der Waals surface area contributed by atoms with Gasteiger partial charge in [0.1, 0.15) is 17.2 Å². The number of allylic oxidation sites excluding steroid dienone is 1. The van der Waals surface area contributed by atoms with Gasteiger partial charge in [-0.2, -0.15) is 0 Å². The van der Waals surface area contributed by atoms with Crippen LogP contribution >= 0.6 is 0 Å². The van der Waals surface area contributed by atoms with Gasteiger partial charge < -0.3 is 37.9 Å². The maximum atomic E-state index is 13.5. The standard InChI is InChI=1S/C30H28O10/c1-33-20-9-7-15(28(37-5)30(20)38-6)11-24-27(32)16-8-10-19-26(29(16)40-24)18(13-25(31)39-19)17-12-22(35-3)23(36-4)14-21(17)34-2/h7-12,14,18H,13H2,1-6H3/b24-11-/t18-/m1/s1. The number of methoxy groups -OCH3 is 6. The van der Waals surface area contributed by atoms with Gasteiger partial charge in [0.15, 0.2) is 28.8 Å². The Labute approximate surface area is 230 Å². The highest BCUT2D eigenvalue weighted by Crippen LogP contribution is 2.52. The normalized spacial score (nSPS) is 16.4. The van der Waals surface area contributed by atoms with Gasteiger partial charge in [-0.3, -0.25) is 9.59 Å². The molecular weight excluding hydrogens is 520 g/mol. The minimum atomic E-state index is -0.552. The fourth-order valence-electron chi connectivity index (χ4n) is 5.08. The highest BCUT2D eigenvalue weighted by atomic mass is 16.5. The van der Waals surface area contributed by atoms with Crippen LogP contribution in [0.1, 0.15) is 39.4 Å². The molecule has 0 unspecified atom stereocenters. The van der Waals surface area contributed by atoms with Crippen molar-refractivity contribution in [2.45, 2.75) is 12.3 Å². The van der Waals surface area contributed by atoms with E-state index in [1.54, 1.807) is 42.5 Å². The van der Waals surface area contributed by atoms with E-state index in [1.165, 1.54) is 42.7 Å². The molecule has 10 heteroatoms. The molecule has 0 aliphatic carbocycles. The summed E-state index contributed by atoms with van der Waals surface area (Å²) >= 11 is 0. The number of carbonyl (C=O) groups excluding carboxylic acids is 2. The topological polar surface area (TPSA) is 108 Å². The Morgan fingerprint density at radius 2 is 1.40 bits per heavy atom. The molecule has 0 fully saturated rings. The van der Waals surface area contributed by atoms with E-state index in [9.17, 15) is 9.59 Å². The first-order valence-corrected chi connectivity index (χ1v) is 12.3. The second kappa shape index (κ2) is 10.7. The number of rotatable bonds is 8. The summed E-state index contributed by atoms with van der Waals surface area (Å²) in [5.74, 6) is 2.03. The number of fused-ring (bicyclic) bond motifs is 3. The van der Waals surface area contributed by atoms with E-state index in [-0.39, 0.29) is 18.0 Å². The number of benzene rings is 3. The average molecular weight is 549 g/mol. The molecule has 0 N–H and O–H groups in total. The molecule has 5 rings (SSSR count). The average Bonchev–Trinajstić information content (AvgIpc) is 3.29. The van der Waals surface area contributed by atoms with E-state index in [2.05, 4.69) is 0 Å². The Morgan fingerprint density at radius 1 is 0.725 bits per heavy atom. The molecule has 10 nitrogen and oxygen atoms in total. The molecule has 1 atom stereocenters. The third kappa shape index (κ3) is 4.31. The summed E-state index contributed by atoms with van der Waals surface area (Å²) in [6, 6.07) is 10.1. The molecule has 2 aliphatic rings. The van der Waals surface area contributed by atoms with Crippen LogP contribution < -0.4 is 37.9 Å². The van der Waals surface area contributed by atoms with Crippen LogP contribution in [0.25, 0.3) is 6.08 Å². The van der Waals surface area contributed by atoms with Crippen LogP contribution in [0.2, 0.25) is 0 Å². The third-order valence-corrected chi connectivity index (χ3v) is 6.91. The molecule has 2 aliphatic heterocycles. The largest absolute Gasteiger partial charge is 0.496 e. The molecule has 2 heterocycles. The molecule has 40 heavy (non-hydrogen) atoms.